The summed E-state index contributed by atoms with van der Waals surface area (Å²) in [6.07, 6.45) is 10.5. The van der Waals surface area contributed by atoms with E-state index in [1.54, 1.807) is 12.1 Å². The number of carboxylic acids is 2. The minimum atomic E-state index is -0.932. The van der Waals surface area contributed by atoms with Gasteiger partial charge in [0.1, 0.15) is 5.00 Å². The van der Waals surface area contributed by atoms with Gasteiger partial charge in [-0.25, -0.2) is 4.79 Å². The van der Waals surface area contributed by atoms with Crippen LogP contribution in [-0.4, -0.2) is 50.9 Å². The Kier molecular flexibility index (Phi) is 10.8. The second kappa shape index (κ2) is 15.8. The lowest BCUT2D eigenvalue weighted by molar-refractivity contribution is -0.143. The molecule has 1 aromatic heterocycles. The highest BCUT2D eigenvalue weighted by atomic mass is 32.1. The van der Waals surface area contributed by atoms with Crippen molar-refractivity contribution in [1.82, 2.24) is 4.90 Å². The summed E-state index contributed by atoms with van der Waals surface area (Å²) in [6, 6.07) is 23.3. The monoisotopic (exact) mass is 719 g/mol. The number of benzene rings is 3. The summed E-state index contributed by atoms with van der Waals surface area (Å²) in [5.41, 5.74) is 5.94. The van der Waals surface area contributed by atoms with Crippen molar-refractivity contribution in [1.29, 1.82) is 0 Å². The molecule has 0 atom stereocenters. The van der Waals surface area contributed by atoms with Gasteiger partial charge in [0.25, 0.3) is 11.8 Å². The molecule has 52 heavy (non-hydrogen) atoms. The molecule has 0 radical (unpaired) electrons. The number of anilines is 2. The van der Waals surface area contributed by atoms with Crippen molar-refractivity contribution >= 4 is 45.8 Å². The number of aliphatic carboxylic acids is 1. The Hall–Kier alpha value is -4.80. The summed E-state index contributed by atoms with van der Waals surface area (Å²) in [5, 5.41) is 25.7. The lowest BCUT2D eigenvalue weighted by Gasteiger charge is -2.36. The number of thiophene rings is 1. The number of aryl methyl sites for hydroxylation is 3. The smallest absolute Gasteiger partial charge is 0.335 e. The fraction of sp³-hybridized carbons (Fsp3) is 0.381. The number of carbonyl (C=O) groups is 4. The Bertz CT molecular complexity index is 1960. The maximum atomic E-state index is 13.9. The Morgan fingerprint density at radius 3 is 2.15 bits per heavy atom. The van der Waals surface area contributed by atoms with Crippen molar-refractivity contribution in [2.45, 2.75) is 95.7 Å². The lowest BCUT2D eigenvalue weighted by atomic mass is 9.85. The average Bonchev–Trinajstić information content (AvgIpc) is 3.94. The van der Waals surface area contributed by atoms with Gasteiger partial charge in [0.05, 0.1) is 17.0 Å². The van der Waals surface area contributed by atoms with Crippen molar-refractivity contribution < 1.29 is 29.4 Å². The first-order chi connectivity index (χ1) is 25.2. The van der Waals surface area contributed by atoms with Crippen LogP contribution in [0.4, 0.5) is 10.7 Å². The van der Waals surface area contributed by atoms with Gasteiger partial charge < -0.3 is 20.8 Å². The molecule has 2 fully saturated rings. The first-order valence-electron chi connectivity index (χ1n) is 18.5. The minimum Gasteiger partial charge on any atom is -0.481 e. The molecule has 7 rings (SSSR count). The molecule has 4 N–H and O–H groups in total. The molecular weight excluding hydrogens is 675 g/mol. The highest BCUT2D eigenvalue weighted by molar-refractivity contribution is 7.17. The van der Waals surface area contributed by atoms with E-state index in [9.17, 15) is 29.4 Å². The molecule has 9 nitrogen and oxygen atoms in total. The number of carbonyl (C=O) groups excluding carboxylic acids is 2. The lowest BCUT2D eigenvalue weighted by Crippen LogP contribution is -2.40. The summed E-state index contributed by atoms with van der Waals surface area (Å²) < 4.78 is 0. The van der Waals surface area contributed by atoms with Gasteiger partial charge in [-0.1, -0.05) is 42.5 Å². The Balaban J connectivity index is 1.02. The summed E-state index contributed by atoms with van der Waals surface area (Å²) in [7, 11) is 0. The van der Waals surface area contributed by atoms with Crippen LogP contribution in [0.2, 0.25) is 0 Å². The first kappa shape index (κ1) is 35.6. The number of nitrogens with zero attached hydrogens (tertiary/aromatic N) is 1. The fourth-order valence-corrected chi connectivity index (χ4v) is 9.16. The SMILES string of the molecule is O=C(Nc1sc2c(c1C(=O)Nc1ccc(CCc3ccccc3C(=O)O)cc1)CCCC2)c1cccc(CN(C2CCC(C(=O)O)CC2)C2CC2)c1. The highest BCUT2D eigenvalue weighted by Gasteiger charge is 2.37. The van der Waals surface area contributed by atoms with Crippen molar-refractivity contribution in [3.05, 3.63) is 117 Å². The van der Waals surface area contributed by atoms with Crippen molar-refractivity contribution in [3.8, 4) is 0 Å². The van der Waals surface area contributed by atoms with E-state index in [0.29, 0.717) is 65.1 Å². The van der Waals surface area contributed by atoms with Gasteiger partial charge in [0, 0.05) is 34.8 Å². The summed E-state index contributed by atoms with van der Waals surface area (Å²) in [4.78, 5) is 54.4. The molecule has 10 heteroatoms. The van der Waals surface area contributed by atoms with Crippen LogP contribution in [0, 0.1) is 5.92 Å². The predicted molar refractivity (Wildman–Crippen MR) is 203 cm³/mol. The van der Waals surface area contributed by atoms with Gasteiger partial charge in [-0.2, -0.15) is 0 Å². The number of aromatic carboxylic acids is 1. The molecule has 270 valence electrons. The second-order valence-corrected chi connectivity index (χ2v) is 15.5. The predicted octanol–water partition coefficient (Wildman–Crippen LogP) is 8.22. The van der Waals surface area contributed by atoms with E-state index in [1.165, 1.54) is 11.3 Å². The van der Waals surface area contributed by atoms with Crippen LogP contribution in [0.15, 0.2) is 72.8 Å². The first-order valence-corrected chi connectivity index (χ1v) is 19.3. The maximum absolute atomic E-state index is 13.9. The van der Waals surface area contributed by atoms with Gasteiger partial charge in [-0.05, 0) is 130 Å². The summed E-state index contributed by atoms with van der Waals surface area (Å²) in [6.45, 7) is 0.726. The van der Waals surface area contributed by atoms with Gasteiger partial charge in [-0.3, -0.25) is 19.3 Å². The van der Waals surface area contributed by atoms with Gasteiger partial charge in [0.15, 0.2) is 0 Å². The molecule has 3 aliphatic rings. The van der Waals surface area contributed by atoms with Crippen LogP contribution in [0.5, 0.6) is 0 Å². The number of hydrogen-bond donors (Lipinski definition) is 4. The van der Waals surface area contributed by atoms with Crippen LogP contribution in [0.1, 0.15) is 110 Å². The third-order valence-electron chi connectivity index (χ3n) is 10.9. The molecule has 0 unspecified atom stereocenters. The van der Waals surface area contributed by atoms with E-state index in [4.69, 9.17) is 0 Å². The molecule has 0 spiro atoms. The fourth-order valence-electron chi connectivity index (χ4n) is 7.88. The molecule has 0 saturated heterocycles. The number of nitrogens with one attached hydrogen (secondary N) is 2. The zero-order valence-corrected chi connectivity index (χ0v) is 30.1. The molecule has 0 bridgehead atoms. The van der Waals surface area contributed by atoms with E-state index in [0.717, 1.165) is 85.0 Å². The largest absolute Gasteiger partial charge is 0.481 e. The van der Waals surface area contributed by atoms with E-state index in [-0.39, 0.29) is 17.7 Å². The third-order valence-corrected chi connectivity index (χ3v) is 12.1. The van der Waals surface area contributed by atoms with Gasteiger partial charge >= 0.3 is 11.9 Å². The van der Waals surface area contributed by atoms with Crippen LogP contribution in [-0.2, 0) is 37.0 Å². The maximum Gasteiger partial charge on any atom is 0.335 e. The van der Waals surface area contributed by atoms with Crippen LogP contribution < -0.4 is 10.6 Å². The second-order valence-electron chi connectivity index (χ2n) is 14.4. The molecular formula is C42H45N3O6S. The van der Waals surface area contributed by atoms with E-state index < -0.39 is 11.9 Å². The van der Waals surface area contributed by atoms with Crippen LogP contribution in [0.3, 0.4) is 0 Å². The van der Waals surface area contributed by atoms with Gasteiger partial charge in [0.2, 0.25) is 0 Å². The van der Waals surface area contributed by atoms with Crippen molar-refractivity contribution in [3.63, 3.8) is 0 Å². The zero-order chi connectivity index (χ0) is 36.2. The number of hydrogen-bond acceptors (Lipinski definition) is 6. The summed E-state index contributed by atoms with van der Waals surface area (Å²) in [5.74, 6) is -2.36. The van der Waals surface area contributed by atoms with E-state index in [1.807, 2.05) is 54.6 Å². The zero-order valence-electron chi connectivity index (χ0n) is 29.2. The Morgan fingerprint density at radius 2 is 1.44 bits per heavy atom. The van der Waals surface area contributed by atoms with E-state index in [2.05, 4.69) is 21.6 Å². The van der Waals surface area contributed by atoms with Crippen molar-refractivity contribution in [2.75, 3.05) is 10.6 Å². The molecule has 2 saturated carbocycles. The normalized spacial score (nSPS) is 18.4. The van der Waals surface area contributed by atoms with Crippen LogP contribution in [0.25, 0.3) is 0 Å². The molecule has 3 aromatic carbocycles. The molecule has 4 aromatic rings. The minimum absolute atomic E-state index is 0.243. The highest BCUT2D eigenvalue weighted by Crippen LogP contribution is 2.39. The topological polar surface area (TPSA) is 136 Å². The molecule has 1 heterocycles. The average molecular weight is 720 g/mol. The molecule has 3 aliphatic carbocycles. The van der Waals surface area contributed by atoms with Crippen LogP contribution >= 0.6 is 11.3 Å². The summed E-state index contributed by atoms with van der Waals surface area (Å²) >= 11 is 1.50. The standard InChI is InChI=1S/C42H45N3O6S/c46-38(30-8-5-6-27(24-30)25-45(33-22-23-33)32-20-16-29(17-21-32)41(48)49)44-40-37(35-10-3-4-11-36(35)52-40)39(47)43-31-18-13-26(14-19-31)12-15-28-7-1-2-9-34(28)42(50)51/h1-2,5-9,13-14,18-19,24,29,32-33H,3-4,10-12,15-17,20-23,25H2,(H,43,47)(H,44,46)(H,48,49)(H,50,51). The van der Waals surface area contributed by atoms with Gasteiger partial charge in [-0.15, -0.1) is 11.3 Å². The van der Waals surface area contributed by atoms with E-state index >= 15 is 0 Å². The Morgan fingerprint density at radius 1 is 0.731 bits per heavy atom. The quantitative estimate of drug-likeness (QED) is 0.109. The van der Waals surface area contributed by atoms with Crippen molar-refractivity contribution in [2.24, 2.45) is 5.92 Å². The molecule has 0 aliphatic heterocycles. The molecule has 2 amide bonds. The third kappa shape index (κ3) is 8.29. The number of rotatable bonds is 13. The number of amides is 2. The Labute approximate surface area is 308 Å². The number of carboxylic acid groups (broad SMARTS) is 2. The number of fused-ring (bicyclic) bond motifs is 1.